The van der Waals surface area contributed by atoms with Gasteiger partial charge in [-0.3, -0.25) is 4.98 Å². The Bertz CT molecular complexity index is 681. The van der Waals surface area contributed by atoms with Gasteiger partial charge in [-0.25, -0.2) is 4.79 Å². The lowest BCUT2D eigenvalue weighted by Crippen LogP contribution is -2.37. The van der Waals surface area contributed by atoms with Crippen molar-refractivity contribution < 1.29 is 9.90 Å². The number of aliphatic hydroxyl groups is 1. The molecule has 0 bridgehead atoms. The number of aromatic nitrogens is 1. The lowest BCUT2D eigenvalue weighted by molar-refractivity contribution is 0.173. The van der Waals surface area contributed by atoms with Gasteiger partial charge >= 0.3 is 6.03 Å². The van der Waals surface area contributed by atoms with Gasteiger partial charge in [0, 0.05) is 12.7 Å². The number of carbonyl (C=O) groups is 1. The summed E-state index contributed by atoms with van der Waals surface area (Å²) < 4.78 is 0. The maximum atomic E-state index is 11.9. The van der Waals surface area contributed by atoms with E-state index in [1.54, 1.807) is 6.20 Å². The van der Waals surface area contributed by atoms with Crippen LogP contribution in [-0.2, 0) is 13.0 Å². The van der Waals surface area contributed by atoms with Crippen molar-refractivity contribution in [3.05, 3.63) is 64.5 Å². The molecule has 0 spiro atoms. The van der Waals surface area contributed by atoms with E-state index in [9.17, 15) is 9.90 Å². The van der Waals surface area contributed by atoms with Gasteiger partial charge < -0.3 is 15.7 Å². The molecule has 1 aromatic heterocycles. The number of hydrogen-bond acceptors (Lipinski definition) is 3. The van der Waals surface area contributed by atoms with Gasteiger partial charge in [-0.05, 0) is 43.5 Å². The van der Waals surface area contributed by atoms with Crippen LogP contribution in [-0.4, -0.2) is 22.7 Å². The van der Waals surface area contributed by atoms with Gasteiger partial charge in [0.15, 0.2) is 0 Å². The number of hydrogen-bond donors (Lipinski definition) is 3. The average molecular weight is 327 g/mol. The predicted molar refractivity (Wildman–Crippen MR) is 94.7 cm³/mol. The molecule has 0 fully saturated rings. The molecule has 128 valence electrons. The van der Waals surface area contributed by atoms with Crippen LogP contribution < -0.4 is 10.6 Å². The number of urea groups is 1. The van der Waals surface area contributed by atoms with Gasteiger partial charge in [-0.2, -0.15) is 0 Å². The molecule has 3 N–H and O–H groups in total. The molecule has 0 aliphatic carbocycles. The largest absolute Gasteiger partial charge is 0.387 e. The number of aliphatic hydroxyl groups excluding tert-OH is 1. The van der Waals surface area contributed by atoms with E-state index in [0.717, 1.165) is 28.8 Å². The molecule has 2 rings (SSSR count). The zero-order valence-electron chi connectivity index (χ0n) is 14.5. The number of aryl methyl sites for hydroxylation is 3. The number of pyridine rings is 1. The second kappa shape index (κ2) is 8.45. The molecule has 1 heterocycles. The van der Waals surface area contributed by atoms with E-state index in [1.807, 2.05) is 44.2 Å². The third-order valence-electron chi connectivity index (χ3n) is 3.80. The summed E-state index contributed by atoms with van der Waals surface area (Å²) in [4.78, 5) is 16.1. The minimum atomic E-state index is -0.726. The first kappa shape index (κ1) is 17.9. The number of rotatable bonds is 6. The maximum Gasteiger partial charge on any atom is 0.315 e. The standard InChI is InChI=1S/C19H25N3O2/c1-4-15-5-6-20-17(10-15)11-21-19(24)22-12-18(23)16-8-13(2)7-14(3)9-16/h5-10,18,23H,4,11-12H2,1-3H3,(H2,21,22,24)/t18-/m0/s1. The van der Waals surface area contributed by atoms with Crippen molar-refractivity contribution in [3.63, 3.8) is 0 Å². The topological polar surface area (TPSA) is 74.2 Å². The van der Waals surface area contributed by atoms with E-state index < -0.39 is 6.10 Å². The van der Waals surface area contributed by atoms with Gasteiger partial charge in [0.1, 0.15) is 0 Å². The second-order valence-corrected chi connectivity index (χ2v) is 6.01. The molecule has 0 aliphatic heterocycles. The van der Waals surface area contributed by atoms with Gasteiger partial charge in [0.25, 0.3) is 0 Å². The van der Waals surface area contributed by atoms with E-state index in [1.165, 1.54) is 5.56 Å². The molecule has 0 saturated carbocycles. The minimum Gasteiger partial charge on any atom is -0.387 e. The fourth-order valence-electron chi connectivity index (χ4n) is 2.59. The Morgan fingerprint density at radius 2 is 1.88 bits per heavy atom. The second-order valence-electron chi connectivity index (χ2n) is 6.01. The Hall–Kier alpha value is -2.40. The van der Waals surface area contributed by atoms with Crippen LogP contribution >= 0.6 is 0 Å². The lowest BCUT2D eigenvalue weighted by Gasteiger charge is -2.14. The monoisotopic (exact) mass is 327 g/mol. The molecule has 0 saturated heterocycles. The van der Waals surface area contributed by atoms with E-state index in [-0.39, 0.29) is 12.6 Å². The maximum absolute atomic E-state index is 11.9. The summed E-state index contributed by atoms with van der Waals surface area (Å²) in [5, 5.41) is 15.7. The van der Waals surface area contributed by atoms with E-state index >= 15 is 0 Å². The summed E-state index contributed by atoms with van der Waals surface area (Å²) in [5.74, 6) is 0. The Kier molecular flexibility index (Phi) is 6.32. The molecule has 0 aliphatic rings. The molecule has 24 heavy (non-hydrogen) atoms. The number of nitrogens with zero attached hydrogens (tertiary/aromatic N) is 1. The first-order valence-electron chi connectivity index (χ1n) is 8.19. The van der Waals surface area contributed by atoms with Crippen molar-refractivity contribution in [2.45, 2.75) is 39.8 Å². The van der Waals surface area contributed by atoms with Crippen LogP contribution in [0.4, 0.5) is 4.79 Å². The van der Waals surface area contributed by atoms with Gasteiger partial charge in [-0.1, -0.05) is 36.2 Å². The normalized spacial score (nSPS) is 11.8. The molecular weight excluding hydrogens is 302 g/mol. The summed E-state index contributed by atoms with van der Waals surface area (Å²) in [6.07, 6.45) is 1.96. The lowest BCUT2D eigenvalue weighted by atomic mass is 10.0. The summed E-state index contributed by atoms with van der Waals surface area (Å²) in [6, 6.07) is 9.53. The minimum absolute atomic E-state index is 0.164. The van der Waals surface area contributed by atoms with E-state index in [2.05, 4.69) is 22.5 Å². The average Bonchev–Trinajstić information content (AvgIpc) is 2.57. The van der Waals surface area contributed by atoms with Crippen LogP contribution in [0.3, 0.4) is 0 Å². The summed E-state index contributed by atoms with van der Waals surface area (Å²) >= 11 is 0. The fourth-order valence-corrected chi connectivity index (χ4v) is 2.59. The first-order valence-corrected chi connectivity index (χ1v) is 8.19. The van der Waals surface area contributed by atoms with Gasteiger partial charge in [0.05, 0.1) is 18.3 Å². The zero-order valence-corrected chi connectivity index (χ0v) is 14.5. The molecule has 0 radical (unpaired) electrons. The van der Waals surface area contributed by atoms with Crippen molar-refractivity contribution in [1.29, 1.82) is 0 Å². The molecule has 0 unspecified atom stereocenters. The molecule has 1 aromatic carbocycles. The Morgan fingerprint density at radius 3 is 2.54 bits per heavy atom. The molecule has 5 heteroatoms. The van der Waals surface area contributed by atoms with Crippen LogP contribution in [0.1, 0.15) is 41.0 Å². The quantitative estimate of drug-likeness (QED) is 0.764. The van der Waals surface area contributed by atoms with Gasteiger partial charge in [-0.15, -0.1) is 0 Å². The van der Waals surface area contributed by atoms with Crippen molar-refractivity contribution in [1.82, 2.24) is 15.6 Å². The third kappa shape index (κ3) is 5.35. The first-order chi connectivity index (χ1) is 11.5. The molecule has 2 aromatic rings. The number of amides is 2. The molecule has 1 atom stereocenters. The van der Waals surface area contributed by atoms with Gasteiger partial charge in [0.2, 0.25) is 0 Å². The number of carbonyl (C=O) groups excluding carboxylic acids is 1. The van der Waals surface area contributed by atoms with Crippen LogP contribution in [0.25, 0.3) is 0 Å². The van der Waals surface area contributed by atoms with Crippen molar-refractivity contribution in [3.8, 4) is 0 Å². The zero-order chi connectivity index (χ0) is 17.5. The SMILES string of the molecule is CCc1ccnc(CNC(=O)NC[C@H](O)c2cc(C)cc(C)c2)c1. The third-order valence-corrected chi connectivity index (χ3v) is 3.80. The molecule has 2 amide bonds. The molecular formula is C19H25N3O2. The fraction of sp³-hybridized carbons (Fsp3) is 0.368. The highest BCUT2D eigenvalue weighted by molar-refractivity contribution is 5.73. The highest BCUT2D eigenvalue weighted by Crippen LogP contribution is 2.16. The Labute approximate surface area is 143 Å². The summed E-state index contributed by atoms with van der Waals surface area (Å²) in [6.45, 7) is 6.58. The van der Waals surface area contributed by atoms with Crippen LogP contribution in [0.2, 0.25) is 0 Å². The van der Waals surface area contributed by atoms with Crippen LogP contribution in [0.15, 0.2) is 36.5 Å². The van der Waals surface area contributed by atoms with Crippen LogP contribution in [0, 0.1) is 13.8 Å². The van der Waals surface area contributed by atoms with Crippen molar-refractivity contribution >= 4 is 6.03 Å². The summed E-state index contributed by atoms with van der Waals surface area (Å²) in [5.41, 5.74) is 5.00. The predicted octanol–water partition coefficient (Wildman–Crippen LogP) is 2.79. The highest BCUT2D eigenvalue weighted by atomic mass is 16.3. The Balaban J connectivity index is 1.82. The smallest absolute Gasteiger partial charge is 0.315 e. The van der Waals surface area contributed by atoms with Crippen molar-refractivity contribution in [2.24, 2.45) is 0 Å². The Morgan fingerprint density at radius 1 is 1.17 bits per heavy atom. The summed E-state index contributed by atoms with van der Waals surface area (Å²) in [7, 11) is 0. The number of nitrogens with one attached hydrogen (secondary N) is 2. The molecule has 5 nitrogen and oxygen atoms in total. The van der Waals surface area contributed by atoms with Crippen molar-refractivity contribution in [2.75, 3.05) is 6.54 Å². The highest BCUT2D eigenvalue weighted by Gasteiger charge is 2.10. The van der Waals surface area contributed by atoms with E-state index in [4.69, 9.17) is 0 Å². The van der Waals surface area contributed by atoms with Crippen LogP contribution in [0.5, 0.6) is 0 Å². The number of benzene rings is 1. The van der Waals surface area contributed by atoms with E-state index in [0.29, 0.717) is 6.54 Å².